The number of hydrogen-bond acceptors (Lipinski definition) is 4. The van der Waals surface area contributed by atoms with E-state index in [0.717, 1.165) is 29.5 Å². The lowest BCUT2D eigenvalue weighted by molar-refractivity contribution is -0.138. The van der Waals surface area contributed by atoms with E-state index in [1.807, 2.05) is 37.3 Å². The zero-order valence-electron chi connectivity index (χ0n) is 22.3. The number of halogens is 3. The van der Waals surface area contributed by atoms with Gasteiger partial charge in [-0.25, -0.2) is 4.98 Å². The molecule has 2 amide bonds. The van der Waals surface area contributed by atoms with E-state index in [-0.39, 0.29) is 11.8 Å². The number of carbonyl (C=O) groups is 2. The molecule has 3 aromatic carbocycles. The molecule has 9 heteroatoms. The Bertz CT molecular complexity index is 1550. The van der Waals surface area contributed by atoms with Gasteiger partial charge in [-0.05, 0) is 64.9 Å². The van der Waals surface area contributed by atoms with E-state index < -0.39 is 24.5 Å². The maximum Gasteiger partial charge on any atom is 0.405 e. The van der Waals surface area contributed by atoms with Crippen molar-refractivity contribution < 1.29 is 27.5 Å². The minimum atomic E-state index is -4.52. The smallest absolute Gasteiger partial charge is 0.405 e. The molecule has 0 spiro atoms. The zero-order chi connectivity index (χ0) is 29.0. The van der Waals surface area contributed by atoms with Crippen LogP contribution in [0.1, 0.15) is 52.7 Å². The van der Waals surface area contributed by atoms with E-state index in [4.69, 9.17) is 4.74 Å². The molecule has 1 aromatic heterocycles. The number of carbonyl (C=O) groups excluding carboxylic acids is 2. The Kier molecular flexibility index (Phi) is 8.05. The van der Waals surface area contributed by atoms with Crippen LogP contribution in [-0.2, 0) is 11.2 Å². The van der Waals surface area contributed by atoms with Gasteiger partial charge in [0.15, 0.2) is 0 Å². The summed E-state index contributed by atoms with van der Waals surface area (Å²) in [7, 11) is 0. The van der Waals surface area contributed by atoms with E-state index in [9.17, 15) is 22.8 Å². The van der Waals surface area contributed by atoms with E-state index in [0.29, 0.717) is 34.5 Å². The molecule has 1 heterocycles. The Morgan fingerprint density at radius 1 is 0.927 bits per heavy atom. The van der Waals surface area contributed by atoms with Gasteiger partial charge < -0.3 is 15.4 Å². The second-order valence-corrected chi connectivity index (χ2v) is 9.77. The van der Waals surface area contributed by atoms with E-state index >= 15 is 0 Å². The van der Waals surface area contributed by atoms with Gasteiger partial charge in [0.25, 0.3) is 5.91 Å². The van der Waals surface area contributed by atoms with Crippen LogP contribution in [0.15, 0.2) is 85.1 Å². The minimum Gasteiger partial charge on any atom is -0.439 e. The number of nitrogens with zero attached hydrogens (tertiary/aromatic N) is 1. The Labute approximate surface area is 235 Å². The summed E-state index contributed by atoms with van der Waals surface area (Å²) in [5.41, 5.74) is 4.70. The molecule has 0 saturated heterocycles. The molecule has 0 fully saturated rings. The van der Waals surface area contributed by atoms with Crippen LogP contribution in [0.2, 0.25) is 0 Å². The first-order chi connectivity index (χ1) is 19.7. The summed E-state index contributed by atoms with van der Waals surface area (Å²) in [5.74, 6) is -1.13. The number of amides is 2. The molecular formula is C32H28F3N3O3. The molecule has 0 saturated carbocycles. The van der Waals surface area contributed by atoms with Crippen molar-refractivity contribution in [2.75, 3.05) is 11.9 Å². The third-order valence-corrected chi connectivity index (χ3v) is 6.92. The monoisotopic (exact) mass is 559 g/mol. The largest absolute Gasteiger partial charge is 0.439 e. The fraction of sp³-hybridized carbons (Fsp3) is 0.219. The van der Waals surface area contributed by atoms with Crippen molar-refractivity contribution in [2.45, 2.75) is 38.3 Å². The highest BCUT2D eigenvalue weighted by Gasteiger charge is 2.38. The van der Waals surface area contributed by atoms with E-state index in [2.05, 4.69) is 15.6 Å². The van der Waals surface area contributed by atoms with Crippen LogP contribution in [0.3, 0.4) is 0 Å². The number of rotatable bonds is 9. The van der Waals surface area contributed by atoms with Crippen LogP contribution < -0.4 is 15.4 Å². The van der Waals surface area contributed by atoms with Crippen molar-refractivity contribution in [3.63, 3.8) is 0 Å². The van der Waals surface area contributed by atoms with Gasteiger partial charge >= 0.3 is 6.18 Å². The molecule has 1 unspecified atom stereocenters. The lowest BCUT2D eigenvalue weighted by Crippen LogP contribution is -2.37. The fourth-order valence-corrected chi connectivity index (χ4v) is 5.05. The van der Waals surface area contributed by atoms with Gasteiger partial charge in [-0.1, -0.05) is 61.9 Å². The molecule has 5 rings (SSSR count). The number of aromatic nitrogens is 1. The van der Waals surface area contributed by atoms with E-state index in [1.165, 1.54) is 6.20 Å². The summed E-state index contributed by atoms with van der Waals surface area (Å²) >= 11 is 0. The highest BCUT2D eigenvalue weighted by atomic mass is 19.4. The quantitative estimate of drug-likeness (QED) is 0.226. The van der Waals surface area contributed by atoms with Crippen LogP contribution >= 0.6 is 0 Å². The molecular weight excluding hydrogens is 531 g/mol. The highest BCUT2D eigenvalue weighted by Crippen LogP contribution is 2.49. The summed E-state index contributed by atoms with van der Waals surface area (Å²) < 4.78 is 45.1. The molecule has 2 N–H and O–H groups in total. The van der Waals surface area contributed by atoms with Crippen molar-refractivity contribution in [1.29, 1.82) is 0 Å². The summed E-state index contributed by atoms with van der Waals surface area (Å²) in [5, 5.41) is 4.87. The summed E-state index contributed by atoms with van der Waals surface area (Å²) in [6.07, 6.45) is -0.812. The first-order valence-electron chi connectivity index (χ1n) is 13.3. The first kappa shape index (κ1) is 27.9. The van der Waals surface area contributed by atoms with E-state index in [1.54, 1.807) is 48.5 Å². The second kappa shape index (κ2) is 11.8. The third-order valence-electron chi connectivity index (χ3n) is 6.92. The molecule has 41 heavy (non-hydrogen) atoms. The first-order valence-corrected chi connectivity index (χ1v) is 13.3. The number of alkyl halides is 3. The van der Waals surface area contributed by atoms with Crippen molar-refractivity contribution in [3.8, 4) is 22.8 Å². The maximum atomic E-state index is 13.2. The van der Waals surface area contributed by atoms with Gasteiger partial charge in [-0.15, -0.1) is 0 Å². The normalized spacial score (nSPS) is 13.7. The fourth-order valence-electron chi connectivity index (χ4n) is 5.05. The summed E-state index contributed by atoms with van der Waals surface area (Å²) in [6.45, 7) is 0.632. The average molecular weight is 560 g/mol. The number of anilines is 1. The number of pyridine rings is 1. The molecule has 4 aromatic rings. The third kappa shape index (κ3) is 6.24. The lowest BCUT2D eigenvalue weighted by Gasteiger charge is -2.20. The Morgan fingerprint density at radius 2 is 1.68 bits per heavy atom. The van der Waals surface area contributed by atoms with Crippen molar-refractivity contribution in [3.05, 3.63) is 107 Å². The second-order valence-electron chi connectivity index (χ2n) is 9.77. The SMILES string of the molecule is CCCCc1c(Oc2ccc(NC(=O)c3ccccc3)cn2)ccc2c1C(C(=O)NCC(F)(F)F)c1ccccc1-2. The van der Waals surface area contributed by atoms with Crippen LogP contribution in [0.25, 0.3) is 11.1 Å². The lowest BCUT2D eigenvalue weighted by atomic mass is 9.89. The number of unbranched alkanes of at least 4 members (excludes halogenated alkanes) is 1. The van der Waals surface area contributed by atoms with Gasteiger partial charge in [-0.3, -0.25) is 9.59 Å². The van der Waals surface area contributed by atoms with Gasteiger partial charge in [-0.2, -0.15) is 13.2 Å². The molecule has 0 radical (unpaired) electrons. The van der Waals surface area contributed by atoms with Crippen molar-refractivity contribution in [2.24, 2.45) is 0 Å². The van der Waals surface area contributed by atoms with Crippen LogP contribution in [0.5, 0.6) is 11.6 Å². The number of ether oxygens (including phenoxy) is 1. The Morgan fingerprint density at radius 3 is 2.39 bits per heavy atom. The number of nitrogens with one attached hydrogen (secondary N) is 2. The highest BCUT2D eigenvalue weighted by molar-refractivity contribution is 6.04. The Hall–Kier alpha value is -4.66. The molecule has 0 bridgehead atoms. The van der Waals surface area contributed by atoms with Gasteiger partial charge in [0.05, 0.1) is 17.8 Å². The number of hydrogen-bond donors (Lipinski definition) is 2. The standard InChI is InChI=1S/C32H28F3N3O3/c1-2-3-11-25-26(41-27-17-14-21(18-36-27)38-30(39)20-9-5-4-6-10-20)16-15-24-22-12-7-8-13-23(22)29(28(24)25)31(40)37-19-32(33,34)35/h4-10,12-18,29H,2-3,11,19H2,1H3,(H,37,40)(H,38,39). The molecule has 1 aliphatic rings. The van der Waals surface area contributed by atoms with Crippen LogP contribution in [0.4, 0.5) is 18.9 Å². The van der Waals surface area contributed by atoms with Gasteiger partial charge in [0.1, 0.15) is 12.3 Å². The summed E-state index contributed by atoms with van der Waals surface area (Å²) in [6, 6.07) is 23.0. The number of benzene rings is 3. The maximum absolute atomic E-state index is 13.2. The van der Waals surface area contributed by atoms with Crippen LogP contribution in [-0.4, -0.2) is 29.5 Å². The average Bonchev–Trinajstić information content (AvgIpc) is 3.31. The topological polar surface area (TPSA) is 80.3 Å². The van der Waals surface area contributed by atoms with Crippen molar-refractivity contribution in [1.82, 2.24) is 10.3 Å². The summed E-state index contributed by atoms with van der Waals surface area (Å²) in [4.78, 5) is 30.0. The predicted molar refractivity (Wildman–Crippen MR) is 150 cm³/mol. The van der Waals surface area contributed by atoms with Crippen molar-refractivity contribution >= 4 is 17.5 Å². The van der Waals surface area contributed by atoms with Gasteiger partial charge in [0, 0.05) is 11.6 Å². The molecule has 1 atom stereocenters. The predicted octanol–water partition coefficient (Wildman–Crippen LogP) is 7.26. The molecule has 210 valence electrons. The minimum absolute atomic E-state index is 0.268. The molecule has 0 aliphatic heterocycles. The van der Waals surface area contributed by atoms with Gasteiger partial charge in [0.2, 0.25) is 11.8 Å². The molecule has 6 nitrogen and oxygen atoms in total. The van der Waals surface area contributed by atoms with Crippen LogP contribution in [0, 0.1) is 0 Å². The zero-order valence-corrected chi connectivity index (χ0v) is 22.3. The molecule has 1 aliphatic carbocycles. The number of fused-ring (bicyclic) bond motifs is 3. The Balaban J connectivity index is 1.45.